The van der Waals surface area contributed by atoms with Gasteiger partial charge in [-0.25, -0.2) is 0 Å². The zero-order valence-electron chi connectivity index (χ0n) is 20.9. The van der Waals surface area contributed by atoms with Crippen molar-refractivity contribution in [3.63, 3.8) is 0 Å². The van der Waals surface area contributed by atoms with Crippen LogP contribution < -0.4 is 0 Å². The molecule has 2 heterocycles. The highest BCUT2D eigenvalue weighted by Gasteiger charge is 2.21. The molecular weight excluding hydrogens is 476 g/mol. The molecule has 0 saturated heterocycles. The van der Waals surface area contributed by atoms with Gasteiger partial charge in [-0.05, 0) is 70.6 Å². The third kappa shape index (κ3) is 3.55. The second-order valence-electron chi connectivity index (χ2n) is 10.8. The molecule has 0 radical (unpaired) electrons. The number of rotatable bonds is 2. The van der Waals surface area contributed by atoms with E-state index < -0.39 is 0 Å². The predicted molar refractivity (Wildman–Crippen MR) is 156 cm³/mol. The second-order valence-corrected chi connectivity index (χ2v) is 11.1. The first-order valence-corrected chi connectivity index (χ1v) is 12.9. The fourth-order valence-corrected chi connectivity index (χ4v) is 5.59. The van der Waals surface area contributed by atoms with Crippen molar-refractivity contribution in [3.05, 3.63) is 108 Å². The number of hydrogen-bond donors (Lipinski definition) is 0. The maximum absolute atomic E-state index is 7.24. The summed E-state index contributed by atoms with van der Waals surface area (Å²) in [6.07, 6.45) is 0. The van der Waals surface area contributed by atoms with Gasteiger partial charge in [-0.15, -0.1) is 0 Å². The maximum Gasteiger partial charge on any atom is 0.135 e. The van der Waals surface area contributed by atoms with Crippen LogP contribution in [0.3, 0.4) is 0 Å². The molecule has 0 saturated carbocycles. The first kappa shape index (κ1) is 22.2. The average Bonchev–Trinajstić information content (AvgIpc) is 3.45. The lowest BCUT2D eigenvalue weighted by molar-refractivity contribution is 0.591. The smallest absolute Gasteiger partial charge is 0.135 e. The molecule has 0 aliphatic heterocycles. The lowest BCUT2D eigenvalue weighted by Crippen LogP contribution is -2.11. The number of hydrogen-bond acceptors (Lipinski definition) is 2. The van der Waals surface area contributed by atoms with Crippen LogP contribution in [0, 0.1) is 0 Å². The van der Waals surface area contributed by atoms with Crippen molar-refractivity contribution in [2.45, 2.75) is 26.2 Å². The first-order valence-electron chi connectivity index (χ1n) is 12.5. The van der Waals surface area contributed by atoms with Crippen LogP contribution in [0.15, 0.2) is 106 Å². The molecule has 0 spiro atoms. The molecule has 0 amide bonds. The Balaban J connectivity index is 1.48. The molecule has 7 rings (SSSR count). The Hall–Kier alpha value is -4.01. The van der Waals surface area contributed by atoms with Gasteiger partial charge in [0.25, 0.3) is 0 Å². The van der Waals surface area contributed by atoms with Gasteiger partial charge in [-0.1, -0.05) is 80.9 Å². The summed E-state index contributed by atoms with van der Waals surface area (Å²) in [5.41, 5.74) is 8.93. The Bertz CT molecular complexity index is 1850. The van der Waals surface area contributed by atoms with Crippen molar-refractivity contribution in [1.29, 1.82) is 0 Å². The van der Waals surface area contributed by atoms with E-state index in [1.807, 2.05) is 48.5 Å². The summed E-state index contributed by atoms with van der Waals surface area (Å²) in [5.74, 6) is 0. The highest BCUT2D eigenvalue weighted by molar-refractivity contribution is 6.36. The van der Waals surface area contributed by atoms with Crippen molar-refractivity contribution in [1.82, 2.24) is 0 Å². The molecule has 0 bridgehead atoms. The molecule has 0 unspecified atom stereocenters. The molecule has 3 heteroatoms. The minimum absolute atomic E-state index is 0.0486. The molecule has 37 heavy (non-hydrogen) atoms. The van der Waals surface area contributed by atoms with E-state index in [2.05, 4.69) is 69.3 Å². The number of halogens is 1. The number of fused-ring (bicyclic) bond motifs is 6. The van der Waals surface area contributed by atoms with Crippen molar-refractivity contribution in [2.24, 2.45) is 0 Å². The van der Waals surface area contributed by atoms with Gasteiger partial charge in [0.2, 0.25) is 0 Å². The van der Waals surface area contributed by atoms with E-state index in [4.69, 9.17) is 20.4 Å². The first-order chi connectivity index (χ1) is 17.9. The monoisotopic (exact) mass is 500 g/mol. The molecule has 0 aliphatic rings. The van der Waals surface area contributed by atoms with Crippen LogP contribution in [0.1, 0.15) is 26.3 Å². The fraction of sp³-hybridized carbons (Fsp3) is 0.118. The Labute approximate surface area is 220 Å². The largest absolute Gasteiger partial charge is 0.456 e. The summed E-state index contributed by atoms with van der Waals surface area (Å²) < 4.78 is 12.1. The molecule has 0 aliphatic carbocycles. The van der Waals surface area contributed by atoms with Gasteiger partial charge in [0.05, 0.1) is 5.02 Å². The highest BCUT2D eigenvalue weighted by Crippen LogP contribution is 2.43. The third-order valence-electron chi connectivity index (χ3n) is 7.31. The van der Waals surface area contributed by atoms with E-state index in [-0.39, 0.29) is 5.41 Å². The van der Waals surface area contributed by atoms with Crippen LogP contribution in [0.25, 0.3) is 66.1 Å². The van der Waals surface area contributed by atoms with E-state index in [1.165, 1.54) is 5.56 Å². The molecule has 0 N–H and O–H groups in total. The molecule has 0 atom stereocenters. The minimum atomic E-state index is -0.0486. The maximum atomic E-state index is 7.24. The molecule has 2 aromatic heterocycles. The van der Waals surface area contributed by atoms with Crippen molar-refractivity contribution >= 4 is 55.5 Å². The summed E-state index contributed by atoms with van der Waals surface area (Å²) in [4.78, 5) is 0. The zero-order chi connectivity index (χ0) is 25.3. The van der Waals surface area contributed by atoms with Gasteiger partial charge in [0, 0.05) is 32.7 Å². The lowest BCUT2D eigenvalue weighted by atomic mass is 9.83. The van der Waals surface area contributed by atoms with Gasteiger partial charge >= 0.3 is 0 Å². The fourth-order valence-electron chi connectivity index (χ4n) is 5.26. The molecular formula is C34H25ClO2. The Morgan fingerprint density at radius 2 is 0.946 bits per heavy atom. The molecule has 5 aromatic carbocycles. The quantitative estimate of drug-likeness (QED) is 0.236. The Kier molecular flexibility index (Phi) is 4.80. The molecule has 2 nitrogen and oxygen atoms in total. The van der Waals surface area contributed by atoms with Gasteiger partial charge in [-0.3, -0.25) is 0 Å². The normalized spacial score (nSPS) is 12.3. The van der Waals surface area contributed by atoms with Crippen LogP contribution in [0.5, 0.6) is 0 Å². The van der Waals surface area contributed by atoms with Crippen molar-refractivity contribution in [3.8, 4) is 22.3 Å². The van der Waals surface area contributed by atoms with Crippen LogP contribution in [-0.4, -0.2) is 0 Å². The van der Waals surface area contributed by atoms with E-state index in [1.54, 1.807) is 0 Å². The lowest BCUT2D eigenvalue weighted by Gasteiger charge is -2.23. The Morgan fingerprint density at radius 3 is 1.41 bits per heavy atom. The summed E-state index contributed by atoms with van der Waals surface area (Å²) in [6, 6.07) is 33.5. The van der Waals surface area contributed by atoms with Crippen molar-refractivity contribution in [2.75, 3.05) is 0 Å². The molecule has 7 aromatic rings. The topological polar surface area (TPSA) is 26.3 Å². The minimum Gasteiger partial charge on any atom is -0.456 e. The molecule has 180 valence electrons. The average molecular weight is 501 g/mol. The number of furan rings is 2. The summed E-state index contributed by atoms with van der Waals surface area (Å²) in [5, 5.41) is 5.16. The summed E-state index contributed by atoms with van der Waals surface area (Å²) in [7, 11) is 0. The SMILES string of the molecule is CC(C)(C)c1cc(-c2ccc3oc4ccccc4c3c2)c(Cl)c(-c2ccc3oc4ccccc4c3c2)c1. The predicted octanol–water partition coefficient (Wildman–Crippen LogP) is 10.8. The zero-order valence-corrected chi connectivity index (χ0v) is 21.7. The third-order valence-corrected chi connectivity index (χ3v) is 7.72. The molecule has 0 fully saturated rings. The van der Waals surface area contributed by atoms with Crippen LogP contribution in [0.2, 0.25) is 5.02 Å². The number of benzene rings is 5. The van der Waals surface area contributed by atoms with Crippen LogP contribution >= 0.6 is 11.6 Å². The van der Waals surface area contributed by atoms with Crippen LogP contribution in [-0.2, 0) is 5.41 Å². The Morgan fingerprint density at radius 1 is 0.514 bits per heavy atom. The number of para-hydroxylation sites is 2. The van der Waals surface area contributed by atoms with Gasteiger partial charge < -0.3 is 8.83 Å². The van der Waals surface area contributed by atoms with Crippen LogP contribution in [0.4, 0.5) is 0 Å². The van der Waals surface area contributed by atoms with Gasteiger partial charge in [0.1, 0.15) is 22.3 Å². The van der Waals surface area contributed by atoms with Gasteiger partial charge in [-0.2, -0.15) is 0 Å². The van der Waals surface area contributed by atoms with E-state index in [9.17, 15) is 0 Å². The van der Waals surface area contributed by atoms with Crippen molar-refractivity contribution < 1.29 is 8.83 Å². The summed E-state index contributed by atoms with van der Waals surface area (Å²) >= 11 is 7.24. The highest BCUT2D eigenvalue weighted by atomic mass is 35.5. The van der Waals surface area contributed by atoms with E-state index in [0.29, 0.717) is 0 Å². The summed E-state index contributed by atoms with van der Waals surface area (Å²) in [6.45, 7) is 6.72. The van der Waals surface area contributed by atoms with Gasteiger partial charge in [0.15, 0.2) is 0 Å². The van der Waals surface area contributed by atoms with E-state index >= 15 is 0 Å². The standard InChI is InChI=1S/C34H25ClO2/c1-34(2,3)22-18-25(20-12-14-31-27(16-20)23-8-4-6-10-29(23)36-31)33(35)26(19-22)21-13-15-32-28(17-21)24-9-5-7-11-30(24)37-32/h4-19H,1-3H3. The second kappa shape index (κ2) is 7.99. The van der Waals surface area contributed by atoms with E-state index in [0.717, 1.165) is 71.2 Å².